The molecule has 0 saturated heterocycles. The van der Waals surface area contributed by atoms with Gasteiger partial charge in [0.05, 0.1) is 24.1 Å². The monoisotopic (exact) mass is 338 g/mol. The van der Waals surface area contributed by atoms with Gasteiger partial charge < -0.3 is 0 Å². The molecule has 4 nitrogen and oxygen atoms in total. The third-order valence-electron chi connectivity index (χ3n) is 3.17. The van der Waals surface area contributed by atoms with Gasteiger partial charge in [-0.3, -0.25) is 9.98 Å². The Balaban J connectivity index is 2.06. The Hall–Kier alpha value is -2.86. The summed E-state index contributed by atoms with van der Waals surface area (Å²) in [4.78, 5) is 9.42. The number of pyridine rings is 1. The summed E-state index contributed by atoms with van der Waals surface area (Å²) in [7, 11) is 0. The van der Waals surface area contributed by atoms with Crippen molar-refractivity contribution in [3.8, 4) is 11.3 Å². The molecule has 0 unspecified atom stereocenters. The van der Waals surface area contributed by atoms with Crippen LogP contribution in [-0.2, 0) is 0 Å². The first-order valence-corrected chi connectivity index (χ1v) is 8.19. The predicted molar refractivity (Wildman–Crippen MR) is 95.6 cm³/mol. The van der Waals surface area contributed by atoms with Crippen LogP contribution < -0.4 is 4.80 Å². The zero-order valence-electron chi connectivity index (χ0n) is 12.8. The van der Waals surface area contributed by atoms with E-state index in [9.17, 15) is 4.39 Å². The third kappa shape index (κ3) is 3.72. The van der Waals surface area contributed by atoms with Crippen molar-refractivity contribution >= 4 is 17.6 Å². The van der Waals surface area contributed by atoms with Crippen molar-refractivity contribution in [2.24, 2.45) is 10.1 Å². The molecular weight excluding hydrogens is 323 g/mol. The minimum absolute atomic E-state index is 0.269. The van der Waals surface area contributed by atoms with Crippen LogP contribution in [0.25, 0.3) is 11.3 Å². The van der Waals surface area contributed by atoms with Crippen molar-refractivity contribution in [3.63, 3.8) is 0 Å². The van der Waals surface area contributed by atoms with Crippen molar-refractivity contribution < 1.29 is 4.39 Å². The molecule has 0 amide bonds. The lowest BCUT2D eigenvalue weighted by Crippen LogP contribution is -2.12. The molecule has 6 heteroatoms. The standard InChI is InChI=1S/C18H15FN4S/c1-2-10-21-18-23(22-12-16-5-3-4-11-20-16)17(13-24-18)14-6-8-15(19)9-7-14/h2-9,11-13H,1,10H2. The molecule has 0 radical (unpaired) electrons. The molecule has 120 valence electrons. The van der Waals surface area contributed by atoms with Crippen LogP contribution in [-0.4, -0.2) is 22.4 Å². The van der Waals surface area contributed by atoms with Crippen LogP contribution in [0.4, 0.5) is 4.39 Å². The summed E-state index contributed by atoms with van der Waals surface area (Å²) in [6.45, 7) is 4.19. The Kier molecular flexibility index (Phi) is 5.08. The van der Waals surface area contributed by atoms with E-state index in [1.807, 2.05) is 23.6 Å². The molecule has 24 heavy (non-hydrogen) atoms. The van der Waals surface area contributed by atoms with Gasteiger partial charge in [-0.25, -0.2) is 9.07 Å². The Morgan fingerprint density at radius 3 is 2.75 bits per heavy atom. The van der Waals surface area contributed by atoms with Gasteiger partial charge in [-0.2, -0.15) is 5.10 Å². The highest BCUT2D eigenvalue weighted by Gasteiger charge is 2.07. The fraction of sp³-hybridized carbons (Fsp3) is 0.0556. The number of hydrogen-bond acceptors (Lipinski definition) is 4. The van der Waals surface area contributed by atoms with E-state index in [0.29, 0.717) is 6.54 Å². The number of benzene rings is 1. The van der Waals surface area contributed by atoms with Gasteiger partial charge in [0.1, 0.15) is 5.82 Å². The first-order chi connectivity index (χ1) is 11.8. The van der Waals surface area contributed by atoms with Gasteiger partial charge in [-0.05, 0) is 36.4 Å². The maximum absolute atomic E-state index is 13.2. The average molecular weight is 338 g/mol. The van der Waals surface area contributed by atoms with E-state index in [1.54, 1.807) is 35.3 Å². The Bertz CT molecular complexity index is 908. The fourth-order valence-corrected chi connectivity index (χ4v) is 2.90. The molecular formula is C18H15FN4S. The summed E-state index contributed by atoms with van der Waals surface area (Å²) in [6, 6.07) is 11.9. The van der Waals surface area contributed by atoms with E-state index in [-0.39, 0.29) is 5.82 Å². The molecule has 1 aromatic carbocycles. The molecule has 0 aliphatic heterocycles. The molecule has 0 bridgehead atoms. The molecule has 0 saturated carbocycles. The molecule has 0 spiro atoms. The topological polar surface area (TPSA) is 42.5 Å². The molecule has 0 fully saturated rings. The maximum Gasteiger partial charge on any atom is 0.206 e. The van der Waals surface area contributed by atoms with Crippen molar-refractivity contribution in [1.82, 2.24) is 9.66 Å². The summed E-state index contributed by atoms with van der Waals surface area (Å²) >= 11 is 1.47. The lowest BCUT2D eigenvalue weighted by atomic mass is 10.2. The number of halogens is 1. The van der Waals surface area contributed by atoms with E-state index in [4.69, 9.17) is 0 Å². The van der Waals surface area contributed by atoms with Crippen molar-refractivity contribution in [2.45, 2.75) is 0 Å². The van der Waals surface area contributed by atoms with Crippen LogP contribution in [0, 0.1) is 5.82 Å². The van der Waals surface area contributed by atoms with E-state index in [0.717, 1.165) is 21.8 Å². The van der Waals surface area contributed by atoms with Crippen LogP contribution >= 0.6 is 11.3 Å². The molecule has 0 N–H and O–H groups in total. The molecule has 2 aromatic heterocycles. The van der Waals surface area contributed by atoms with Gasteiger partial charge in [-0.15, -0.1) is 17.9 Å². The largest absolute Gasteiger partial charge is 0.255 e. The SMILES string of the molecule is C=CCN=c1scc(-c2ccc(F)cc2)n1N=Cc1ccccn1. The number of thiazole rings is 1. The molecule has 0 atom stereocenters. The lowest BCUT2D eigenvalue weighted by Gasteiger charge is -2.03. The second-order valence-electron chi connectivity index (χ2n) is 4.85. The summed E-state index contributed by atoms with van der Waals surface area (Å²) in [5, 5.41) is 6.46. The van der Waals surface area contributed by atoms with Crippen LogP contribution in [0.3, 0.4) is 0 Å². The Morgan fingerprint density at radius 2 is 2.04 bits per heavy atom. The molecule has 3 rings (SSSR count). The van der Waals surface area contributed by atoms with Crippen molar-refractivity contribution in [3.05, 3.63) is 83.0 Å². The number of hydrogen-bond donors (Lipinski definition) is 0. The summed E-state index contributed by atoms with van der Waals surface area (Å²) in [5.74, 6) is -0.269. The second kappa shape index (κ2) is 7.61. The van der Waals surface area contributed by atoms with E-state index >= 15 is 0 Å². The summed E-state index contributed by atoms with van der Waals surface area (Å²) in [6.07, 6.45) is 5.11. The van der Waals surface area contributed by atoms with Crippen LogP contribution in [0.15, 0.2) is 76.8 Å². The first-order valence-electron chi connectivity index (χ1n) is 7.31. The predicted octanol–water partition coefficient (Wildman–Crippen LogP) is 3.72. The van der Waals surface area contributed by atoms with Gasteiger partial charge in [0.25, 0.3) is 0 Å². The van der Waals surface area contributed by atoms with E-state index < -0.39 is 0 Å². The quantitative estimate of drug-likeness (QED) is 0.516. The highest BCUT2D eigenvalue weighted by Crippen LogP contribution is 2.20. The zero-order chi connectivity index (χ0) is 16.8. The summed E-state index contributed by atoms with van der Waals surface area (Å²) < 4.78 is 14.9. The smallest absolute Gasteiger partial charge is 0.206 e. The number of rotatable bonds is 5. The van der Waals surface area contributed by atoms with Gasteiger partial charge in [0, 0.05) is 17.1 Å². The maximum atomic E-state index is 13.2. The number of aromatic nitrogens is 2. The first kappa shape index (κ1) is 16.0. The van der Waals surface area contributed by atoms with Crippen molar-refractivity contribution in [1.29, 1.82) is 0 Å². The number of nitrogens with zero attached hydrogens (tertiary/aromatic N) is 4. The van der Waals surface area contributed by atoms with Crippen LogP contribution in [0.2, 0.25) is 0 Å². The molecule has 0 aliphatic rings. The van der Waals surface area contributed by atoms with E-state index in [1.165, 1.54) is 23.5 Å². The van der Waals surface area contributed by atoms with Gasteiger partial charge in [0.15, 0.2) is 0 Å². The average Bonchev–Trinajstić information content (AvgIpc) is 3.02. The normalized spacial score (nSPS) is 12.0. The van der Waals surface area contributed by atoms with Gasteiger partial charge in [-0.1, -0.05) is 12.1 Å². The third-order valence-corrected chi connectivity index (χ3v) is 4.03. The Labute approximate surface area is 143 Å². The molecule has 0 aliphatic carbocycles. The highest BCUT2D eigenvalue weighted by atomic mass is 32.1. The van der Waals surface area contributed by atoms with Gasteiger partial charge >= 0.3 is 0 Å². The zero-order valence-corrected chi connectivity index (χ0v) is 13.7. The minimum atomic E-state index is -0.269. The minimum Gasteiger partial charge on any atom is -0.255 e. The van der Waals surface area contributed by atoms with Crippen molar-refractivity contribution in [2.75, 3.05) is 6.54 Å². The van der Waals surface area contributed by atoms with Crippen LogP contribution in [0.1, 0.15) is 5.69 Å². The lowest BCUT2D eigenvalue weighted by molar-refractivity contribution is 0.628. The Morgan fingerprint density at radius 1 is 1.21 bits per heavy atom. The van der Waals surface area contributed by atoms with Crippen LogP contribution in [0.5, 0.6) is 0 Å². The van der Waals surface area contributed by atoms with E-state index in [2.05, 4.69) is 21.7 Å². The molecule has 3 aromatic rings. The second-order valence-corrected chi connectivity index (χ2v) is 5.69. The highest BCUT2D eigenvalue weighted by molar-refractivity contribution is 7.07. The summed E-state index contributed by atoms with van der Waals surface area (Å²) in [5.41, 5.74) is 2.46. The fourth-order valence-electron chi connectivity index (χ4n) is 2.05. The molecule has 2 heterocycles. The van der Waals surface area contributed by atoms with Gasteiger partial charge in [0.2, 0.25) is 4.80 Å².